The molecule has 1 amide bonds. The molecule has 0 aliphatic carbocycles. The van der Waals surface area contributed by atoms with Gasteiger partial charge in [-0.3, -0.25) is 4.79 Å². The van der Waals surface area contributed by atoms with E-state index in [1.165, 1.54) is 6.33 Å². The molecule has 5 nitrogen and oxygen atoms in total. The van der Waals surface area contributed by atoms with Crippen molar-refractivity contribution in [1.82, 2.24) is 14.9 Å². The van der Waals surface area contributed by atoms with E-state index in [0.29, 0.717) is 32.7 Å². The quantitative estimate of drug-likeness (QED) is 0.846. The third-order valence-corrected chi connectivity index (χ3v) is 4.60. The minimum absolute atomic E-state index is 0.0308. The molecule has 122 valence electrons. The largest absolute Gasteiger partial charge is 0.467 e. The van der Waals surface area contributed by atoms with Gasteiger partial charge in [-0.25, -0.2) is 9.97 Å². The SMILES string of the molecule is CC1CCN(C(=O)COc2ncnc3c(Cl)cc(Cl)cc23)CC1. The van der Waals surface area contributed by atoms with Gasteiger partial charge < -0.3 is 9.64 Å². The van der Waals surface area contributed by atoms with Gasteiger partial charge in [0.15, 0.2) is 6.61 Å². The van der Waals surface area contributed by atoms with E-state index in [-0.39, 0.29) is 12.5 Å². The molecule has 7 heteroatoms. The highest BCUT2D eigenvalue weighted by Crippen LogP contribution is 2.30. The number of carbonyl (C=O) groups is 1. The Bertz CT molecular complexity index is 731. The number of likely N-dealkylation sites (tertiary alicyclic amines) is 1. The zero-order valence-corrected chi connectivity index (χ0v) is 14.3. The molecule has 0 spiro atoms. The molecule has 23 heavy (non-hydrogen) atoms. The molecule has 2 aromatic rings. The van der Waals surface area contributed by atoms with Crippen molar-refractivity contribution in [3.8, 4) is 5.88 Å². The van der Waals surface area contributed by atoms with Crippen molar-refractivity contribution in [3.05, 3.63) is 28.5 Å². The lowest BCUT2D eigenvalue weighted by Crippen LogP contribution is -2.40. The maximum atomic E-state index is 12.3. The Labute approximate surface area is 144 Å². The van der Waals surface area contributed by atoms with Crippen LogP contribution in [-0.4, -0.2) is 40.5 Å². The molecule has 1 fully saturated rings. The first kappa shape index (κ1) is 16.3. The molecule has 1 aliphatic heterocycles. The van der Waals surface area contributed by atoms with Crippen LogP contribution in [0.2, 0.25) is 10.0 Å². The molecule has 1 saturated heterocycles. The third kappa shape index (κ3) is 3.67. The second-order valence-corrected chi connectivity index (χ2v) is 6.66. The monoisotopic (exact) mass is 353 g/mol. The summed E-state index contributed by atoms with van der Waals surface area (Å²) < 4.78 is 5.61. The molecule has 3 rings (SSSR count). The summed E-state index contributed by atoms with van der Waals surface area (Å²) >= 11 is 12.2. The molecule has 0 N–H and O–H groups in total. The van der Waals surface area contributed by atoms with Gasteiger partial charge in [0, 0.05) is 18.1 Å². The lowest BCUT2D eigenvalue weighted by molar-refractivity contribution is -0.134. The number of benzene rings is 1. The standard InChI is InChI=1S/C16H17Cl2N3O2/c1-10-2-4-21(5-3-10)14(22)8-23-16-12-6-11(17)7-13(18)15(12)19-9-20-16/h6-7,9-10H,2-5,8H2,1H3. The smallest absolute Gasteiger partial charge is 0.260 e. The van der Waals surface area contributed by atoms with Gasteiger partial charge in [0.25, 0.3) is 5.91 Å². The van der Waals surface area contributed by atoms with Crippen LogP contribution < -0.4 is 4.74 Å². The second-order valence-electron chi connectivity index (χ2n) is 5.81. The third-order valence-electron chi connectivity index (χ3n) is 4.09. The normalized spacial score (nSPS) is 15.9. The van der Waals surface area contributed by atoms with Gasteiger partial charge in [0.2, 0.25) is 5.88 Å². The van der Waals surface area contributed by atoms with Gasteiger partial charge in [-0.15, -0.1) is 0 Å². The number of nitrogens with zero attached hydrogens (tertiary/aromatic N) is 3. The van der Waals surface area contributed by atoms with E-state index in [0.717, 1.165) is 25.9 Å². The number of aromatic nitrogens is 2. The van der Waals surface area contributed by atoms with Crippen LogP contribution >= 0.6 is 23.2 Å². The summed E-state index contributed by atoms with van der Waals surface area (Å²) in [5.74, 6) is 0.963. The maximum Gasteiger partial charge on any atom is 0.260 e. The molecule has 0 bridgehead atoms. The van der Waals surface area contributed by atoms with Crippen molar-refractivity contribution >= 4 is 40.0 Å². The molecule has 1 aromatic carbocycles. The lowest BCUT2D eigenvalue weighted by Gasteiger charge is -2.30. The van der Waals surface area contributed by atoms with Gasteiger partial charge in [-0.1, -0.05) is 30.1 Å². The van der Waals surface area contributed by atoms with E-state index in [1.807, 2.05) is 4.90 Å². The van der Waals surface area contributed by atoms with E-state index in [1.54, 1.807) is 12.1 Å². The van der Waals surface area contributed by atoms with Crippen LogP contribution in [0.5, 0.6) is 5.88 Å². The van der Waals surface area contributed by atoms with Crippen molar-refractivity contribution in [3.63, 3.8) is 0 Å². The van der Waals surface area contributed by atoms with Crippen molar-refractivity contribution in [1.29, 1.82) is 0 Å². The number of halogens is 2. The van der Waals surface area contributed by atoms with Gasteiger partial charge in [0.1, 0.15) is 6.33 Å². The molecule has 0 atom stereocenters. The topological polar surface area (TPSA) is 55.3 Å². The van der Waals surface area contributed by atoms with Crippen LogP contribution in [0.4, 0.5) is 0 Å². The van der Waals surface area contributed by atoms with E-state index >= 15 is 0 Å². The molecular weight excluding hydrogens is 337 g/mol. The van der Waals surface area contributed by atoms with Crippen LogP contribution in [0.15, 0.2) is 18.5 Å². The zero-order chi connectivity index (χ0) is 16.4. The number of carbonyl (C=O) groups excluding carboxylic acids is 1. The van der Waals surface area contributed by atoms with Crippen LogP contribution in [-0.2, 0) is 4.79 Å². The van der Waals surface area contributed by atoms with Crippen LogP contribution in [0.25, 0.3) is 10.9 Å². The Morgan fingerprint density at radius 3 is 2.78 bits per heavy atom. The van der Waals surface area contributed by atoms with Gasteiger partial charge in [-0.05, 0) is 30.9 Å². The number of ether oxygens (including phenoxy) is 1. The number of amides is 1. The molecular formula is C16H17Cl2N3O2. The van der Waals surface area contributed by atoms with Crippen molar-refractivity contribution in [2.24, 2.45) is 5.92 Å². The highest BCUT2D eigenvalue weighted by Gasteiger charge is 2.21. The van der Waals surface area contributed by atoms with Crippen molar-refractivity contribution in [2.45, 2.75) is 19.8 Å². The first-order valence-corrected chi connectivity index (χ1v) is 8.30. The zero-order valence-electron chi connectivity index (χ0n) is 12.8. The van der Waals surface area contributed by atoms with Crippen LogP contribution in [0.3, 0.4) is 0 Å². The predicted molar refractivity (Wildman–Crippen MR) is 90.0 cm³/mol. The molecule has 0 unspecified atom stereocenters. The average molecular weight is 354 g/mol. The fourth-order valence-corrected chi connectivity index (χ4v) is 3.21. The predicted octanol–water partition coefficient (Wildman–Crippen LogP) is 3.57. The van der Waals surface area contributed by atoms with E-state index in [2.05, 4.69) is 16.9 Å². The van der Waals surface area contributed by atoms with Crippen LogP contribution in [0, 0.1) is 5.92 Å². The summed E-state index contributed by atoms with van der Waals surface area (Å²) in [4.78, 5) is 22.3. The van der Waals surface area contributed by atoms with Crippen molar-refractivity contribution in [2.75, 3.05) is 19.7 Å². The number of hydrogen-bond acceptors (Lipinski definition) is 4. The number of rotatable bonds is 3. The Balaban J connectivity index is 1.73. The van der Waals surface area contributed by atoms with E-state index in [9.17, 15) is 4.79 Å². The summed E-state index contributed by atoms with van der Waals surface area (Å²) in [6, 6.07) is 3.30. The van der Waals surface area contributed by atoms with Gasteiger partial charge >= 0.3 is 0 Å². The molecule has 1 aliphatic rings. The summed E-state index contributed by atoms with van der Waals surface area (Å²) in [6.07, 6.45) is 3.44. The number of hydrogen-bond donors (Lipinski definition) is 0. The van der Waals surface area contributed by atoms with E-state index < -0.39 is 0 Å². The highest BCUT2D eigenvalue weighted by atomic mass is 35.5. The lowest BCUT2D eigenvalue weighted by atomic mass is 9.99. The first-order valence-electron chi connectivity index (χ1n) is 7.55. The van der Waals surface area contributed by atoms with Crippen molar-refractivity contribution < 1.29 is 9.53 Å². The summed E-state index contributed by atoms with van der Waals surface area (Å²) in [5, 5.41) is 1.50. The fourth-order valence-electron chi connectivity index (χ4n) is 2.66. The highest BCUT2D eigenvalue weighted by molar-refractivity contribution is 6.38. The average Bonchev–Trinajstić information content (AvgIpc) is 2.53. The van der Waals surface area contributed by atoms with Gasteiger partial charge in [-0.2, -0.15) is 0 Å². The van der Waals surface area contributed by atoms with E-state index in [4.69, 9.17) is 27.9 Å². The Morgan fingerprint density at radius 1 is 1.30 bits per heavy atom. The maximum absolute atomic E-state index is 12.3. The molecule has 0 saturated carbocycles. The first-order chi connectivity index (χ1) is 11.0. The fraction of sp³-hybridized carbons (Fsp3) is 0.438. The number of fused-ring (bicyclic) bond motifs is 1. The molecule has 0 radical (unpaired) electrons. The van der Waals surface area contributed by atoms with Crippen LogP contribution in [0.1, 0.15) is 19.8 Å². The summed E-state index contributed by atoms with van der Waals surface area (Å²) in [5.41, 5.74) is 0.556. The second kappa shape index (κ2) is 6.89. The Hall–Kier alpha value is -1.59. The Kier molecular flexibility index (Phi) is 4.87. The van der Waals surface area contributed by atoms with Gasteiger partial charge in [0.05, 0.1) is 15.9 Å². The summed E-state index contributed by atoms with van der Waals surface area (Å²) in [7, 11) is 0. The summed E-state index contributed by atoms with van der Waals surface area (Å²) in [6.45, 7) is 3.72. The minimum atomic E-state index is -0.0510. The molecule has 1 aromatic heterocycles. The molecule has 2 heterocycles. The minimum Gasteiger partial charge on any atom is -0.467 e. The number of piperidine rings is 1. The Morgan fingerprint density at radius 2 is 2.04 bits per heavy atom.